The van der Waals surface area contributed by atoms with Gasteiger partial charge in [0, 0.05) is 6.42 Å². The molecule has 0 amide bonds. The summed E-state index contributed by atoms with van der Waals surface area (Å²) in [6, 6.07) is 3.69. The molecule has 5 heteroatoms. The minimum Gasteiger partial charge on any atom is -0.384 e. The number of pyridine rings is 1. The average molecular weight is 219 g/mol. The second-order valence-corrected chi connectivity index (χ2v) is 3.89. The number of aryl methyl sites for hydroxylation is 1. The number of nitrogens with two attached hydrogens (primary N) is 2. The van der Waals surface area contributed by atoms with Crippen molar-refractivity contribution in [2.24, 2.45) is 5.73 Å². The van der Waals surface area contributed by atoms with Gasteiger partial charge >= 0.3 is 0 Å². The van der Waals surface area contributed by atoms with Crippen LogP contribution in [0.15, 0.2) is 12.1 Å². The van der Waals surface area contributed by atoms with Crippen molar-refractivity contribution in [1.29, 1.82) is 0 Å². The summed E-state index contributed by atoms with van der Waals surface area (Å²) < 4.78 is 0. The lowest BCUT2D eigenvalue weighted by Crippen LogP contribution is -1.98. The van der Waals surface area contributed by atoms with E-state index in [4.69, 9.17) is 11.5 Å². The molecule has 0 atom stereocenters. The molecule has 0 aliphatic rings. The van der Waals surface area contributed by atoms with Crippen LogP contribution in [0.2, 0.25) is 0 Å². The third-order valence-electron chi connectivity index (χ3n) is 2.53. The minimum absolute atomic E-state index is 0.508. The molecular weight excluding hydrogens is 202 g/mol. The summed E-state index contributed by atoms with van der Waals surface area (Å²) in [7, 11) is 0. The van der Waals surface area contributed by atoms with Crippen molar-refractivity contribution < 1.29 is 0 Å². The Morgan fingerprint density at radius 3 is 2.81 bits per heavy atom. The second-order valence-electron chi connectivity index (χ2n) is 3.89. The Morgan fingerprint density at radius 1 is 1.12 bits per heavy atom. The molecule has 0 radical (unpaired) electrons. The highest BCUT2D eigenvalue weighted by atomic mass is 15.0. The maximum atomic E-state index is 5.59. The number of H-pyrrole nitrogens is 1. The molecule has 5 N–H and O–H groups in total. The minimum atomic E-state index is 0.508. The van der Waals surface area contributed by atoms with Crippen LogP contribution in [0.1, 0.15) is 25.1 Å². The van der Waals surface area contributed by atoms with E-state index in [0.29, 0.717) is 11.5 Å². The highest BCUT2D eigenvalue weighted by molar-refractivity contribution is 5.72. The van der Waals surface area contributed by atoms with E-state index >= 15 is 0 Å². The Hall–Kier alpha value is -1.62. The van der Waals surface area contributed by atoms with Gasteiger partial charge in [-0.2, -0.15) is 0 Å². The number of hydrogen-bond donors (Lipinski definition) is 3. The zero-order valence-corrected chi connectivity index (χ0v) is 9.24. The maximum absolute atomic E-state index is 5.59. The van der Waals surface area contributed by atoms with E-state index in [1.807, 2.05) is 6.07 Å². The number of imidazole rings is 1. The van der Waals surface area contributed by atoms with Gasteiger partial charge < -0.3 is 16.5 Å². The van der Waals surface area contributed by atoms with E-state index in [9.17, 15) is 0 Å². The Bertz CT molecular complexity index is 462. The fraction of sp³-hybridized carbons (Fsp3) is 0.455. The van der Waals surface area contributed by atoms with E-state index in [2.05, 4.69) is 15.0 Å². The van der Waals surface area contributed by atoms with Gasteiger partial charge in [0.15, 0.2) is 5.65 Å². The summed E-state index contributed by atoms with van der Waals surface area (Å²) in [6.07, 6.45) is 4.26. The van der Waals surface area contributed by atoms with Crippen molar-refractivity contribution in [1.82, 2.24) is 15.0 Å². The van der Waals surface area contributed by atoms with E-state index in [1.165, 1.54) is 0 Å². The molecule has 0 aliphatic carbocycles. The summed E-state index contributed by atoms with van der Waals surface area (Å²) in [5.41, 5.74) is 12.7. The lowest BCUT2D eigenvalue weighted by molar-refractivity contribution is 0.673. The third-order valence-corrected chi connectivity index (χ3v) is 2.53. The number of nitrogens with one attached hydrogen (secondary N) is 1. The quantitative estimate of drug-likeness (QED) is 0.659. The van der Waals surface area contributed by atoms with Crippen LogP contribution in [-0.2, 0) is 6.42 Å². The number of unbranched alkanes of at least 4 members (excludes halogenated alkanes) is 2. The van der Waals surface area contributed by atoms with Crippen molar-refractivity contribution in [2.45, 2.75) is 25.7 Å². The maximum Gasteiger partial charge on any atom is 0.179 e. The molecular formula is C11H17N5. The number of rotatable bonds is 5. The SMILES string of the molecule is NCCCCCc1nc2nc(N)ccc2[nH]1. The zero-order valence-electron chi connectivity index (χ0n) is 9.24. The monoisotopic (exact) mass is 219 g/mol. The van der Waals surface area contributed by atoms with E-state index in [-0.39, 0.29) is 0 Å². The Kier molecular flexibility index (Phi) is 3.36. The first-order valence-corrected chi connectivity index (χ1v) is 5.61. The normalized spacial score (nSPS) is 11.1. The van der Waals surface area contributed by atoms with Crippen molar-refractivity contribution in [2.75, 3.05) is 12.3 Å². The number of hydrogen-bond acceptors (Lipinski definition) is 4. The van der Waals surface area contributed by atoms with Crippen LogP contribution in [0.25, 0.3) is 11.2 Å². The Morgan fingerprint density at radius 2 is 2.00 bits per heavy atom. The largest absolute Gasteiger partial charge is 0.384 e. The van der Waals surface area contributed by atoms with Crippen molar-refractivity contribution in [3.63, 3.8) is 0 Å². The highest BCUT2D eigenvalue weighted by Crippen LogP contribution is 2.12. The second kappa shape index (κ2) is 4.94. The predicted molar refractivity (Wildman–Crippen MR) is 64.9 cm³/mol. The van der Waals surface area contributed by atoms with Gasteiger partial charge in [-0.25, -0.2) is 9.97 Å². The number of anilines is 1. The topological polar surface area (TPSA) is 93.6 Å². The van der Waals surface area contributed by atoms with Crippen molar-refractivity contribution in [3.8, 4) is 0 Å². The van der Waals surface area contributed by atoms with Crippen LogP contribution in [-0.4, -0.2) is 21.5 Å². The lowest BCUT2D eigenvalue weighted by Gasteiger charge is -1.95. The van der Waals surface area contributed by atoms with E-state index < -0.39 is 0 Å². The summed E-state index contributed by atoms with van der Waals surface area (Å²) in [6.45, 7) is 0.762. The van der Waals surface area contributed by atoms with Gasteiger partial charge in [0.25, 0.3) is 0 Å². The van der Waals surface area contributed by atoms with Crippen molar-refractivity contribution in [3.05, 3.63) is 18.0 Å². The first-order valence-electron chi connectivity index (χ1n) is 5.61. The van der Waals surface area contributed by atoms with Gasteiger partial charge in [0.05, 0.1) is 5.52 Å². The van der Waals surface area contributed by atoms with Crippen LogP contribution < -0.4 is 11.5 Å². The molecule has 86 valence electrons. The summed E-state index contributed by atoms with van der Waals surface area (Å²) in [5.74, 6) is 1.49. The number of nitrogen functional groups attached to an aromatic ring is 1. The van der Waals surface area contributed by atoms with Crippen LogP contribution in [0.4, 0.5) is 5.82 Å². The predicted octanol–water partition coefficient (Wildman–Crippen LogP) is 1.21. The summed E-state index contributed by atoms with van der Waals surface area (Å²) in [4.78, 5) is 11.8. The van der Waals surface area contributed by atoms with Gasteiger partial charge in [-0.15, -0.1) is 0 Å². The average Bonchev–Trinajstić information content (AvgIpc) is 2.66. The fourth-order valence-corrected chi connectivity index (χ4v) is 1.69. The molecule has 16 heavy (non-hydrogen) atoms. The number of aromatic nitrogens is 3. The van der Waals surface area contributed by atoms with Gasteiger partial charge in [0.2, 0.25) is 0 Å². The number of fused-ring (bicyclic) bond motifs is 1. The van der Waals surface area contributed by atoms with Gasteiger partial charge in [0.1, 0.15) is 11.6 Å². The third kappa shape index (κ3) is 2.49. The molecule has 2 aromatic rings. The summed E-state index contributed by atoms with van der Waals surface area (Å²) in [5, 5.41) is 0. The molecule has 0 saturated carbocycles. The molecule has 5 nitrogen and oxygen atoms in total. The Balaban J connectivity index is 2.02. The molecule has 0 saturated heterocycles. The molecule has 2 aromatic heterocycles. The molecule has 0 unspecified atom stereocenters. The molecule has 0 fully saturated rings. The van der Waals surface area contributed by atoms with Gasteiger partial charge in [-0.3, -0.25) is 0 Å². The van der Waals surface area contributed by atoms with Gasteiger partial charge in [-0.05, 0) is 31.5 Å². The van der Waals surface area contributed by atoms with Crippen LogP contribution >= 0.6 is 0 Å². The van der Waals surface area contributed by atoms with Crippen LogP contribution in [0, 0.1) is 0 Å². The van der Waals surface area contributed by atoms with E-state index in [0.717, 1.165) is 43.6 Å². The molecule has 0 aliphatic heterocycles. The molecule has 2 rings (SSSR count). The summed E-state index contributed by atoms with van der Waals surface area (Å²) >= 11 is 0. The lowest BCUT2D eigenvalue weighted by atomic mass is 10.2. The molecule has 0 spiro atoms. The zero-order chi connectivity index (χ0) is 11.4. The first-order chi connectivity index (χ1) is 7.79. The van der Waals surface area contributed by atoms with Gasteiger partial charge in [-0.1, -0.05) is 6.42 Å². The fourth-order valence-electron chi connectivity index (χ4n) is 1.69. The number of aromatic amines is 1. The molecule has 0 bridgehead atoms. The smallest absolute Gasteiger partial charge is 0.179 e. The van der Waals surface area contributed by atoms with Crippen molar-refractivity contribution >= 4 is 17.0 Å². The van der Waals surface area contributed by atoms with Crippen LogP contribution in [0.3, 0.4) is 0 Å². The molecule has 2 heterocycles. The number of nitrogens with zero attached hydrogens (tertiary/aromatic N) is 2. The van der Waals surface area contributed by atoms with Crippen LogP contribution in [0.5, 0.6) is 0 Å². The van der Waals surface area contributed by atoms with E-state index in [1.54, 1.807) is 6.07 Å². The first kappa shape index (κ1) is 10.9. The molecule has 0 aromatic carbocycles. The standard InChI is InChI=1S/C11H17N5/c12-7-3-1-2-4-10-14-8-5-6-9(13)15-11(8)16-10/h5-6H,1-4,7,12H2,(H3,13,14,15,16). The highest BCUT2D eigenvalue weighted by Gasteiger charge is 2.03. The Labute approximate surface area is 94.3 Å².